The van der Waals surface area contributed by atoms with Gasteiger partial charge < -0.3 is 10.0 Å². The zero-order valence-electron chi connectivity index (χ0n) is 12.8. The minimum absolute atomic E-state index is 0.195. The van der Waals surface area contributed by atoms with Crippen LogP contribution in [0, 0.1) is 11.2 Å². The van der Waals surface area contributed by atoms with Crippen LogP contribution in [-0.2, 0) is 0 Å². The van der Waals surface area contributed by atoms with Gasteiger partial charge in [0.2, 0.25) is 0 Å². The molecular weight excluding hydrogens is 253 g/mol. The van der Waals surface area contributed by atoms with E-state index in [0.717, 1.165) is 19.5 Å². The lowest BCUT2D eigenvalue weighted by Gasteiger charge is -2.33. The SMILES string of the molecule is C[C@H](O)c1ccc(N2CC=C(C(C)(C)C)CC2)c(F)c1. The molecule has 1 atom stereocenters. The first-order chi connectivity index (χ1) is 9.29. The summed E-state index contributed by atoms with van der Waals surface area (Å²) >= 11 is 0. The first-order valence-corrected chi connectivity index (χ1v) is 7.21. The van der Waals surface area contributed by atoms with Crippen molar-refractivity contribution in [2.24, 2.45) is 5.41 Å². The van der Waals surface area contributed by atoms with Crippen LogP contribution in [0.4, 0.5) is 10.1 Å². The summed E-state index contributed by atoms with van der Waals surface area (Å²) in [5.41, 5.74) is 2.88. The van der Waals surface area contributed by atoms with E-state index in [-0.39, 0.29) is 11.2 Å². The number of anilines is 1. The molecule has 20 heavy (non-hydrogen) atoms. The minimum atomic E-state index is -0.632. The summed E-state index contributed by atoms with van der Waals surface area (Å²) in [6, 6.07) is 5.00. The second-order valence-electron chi connectivity index (χ2n) is 6.56. The molecule has 2 nitrogen and oxygen atoms in total. The van der Waals surface area contributed by atoms with Gasteiger partial charge in [-0.15, -0.1) is 0 Å². The third kappa shape index (κ3) is 3.21. The highest BCUT2D eigenvalue weighted by atomic mass is 19.1. The van der Waals surface area contributed by atoms with E-state index in [9.17, 15) is 9.50 Å². The maximum absolute atomic E-state index is 14.2. The molecule has 0 amide bonds. The molecule has 0 aliphatic carbocycles. The molecule has 0 fully saturated rings. The summed E-state index contributed by atoms with van der Waals surface area (Å²) in [7, 11) is 0. The molecule has 0 saturated carbocycles. The Kier molecular flexibility index (Phi) is 4.19. The molecule has 1 aliphatic heterocycles. The van der Waals surface area contributed by atoms with E-state index in [1.807, 2.05) is 0 Å². The first kappa shape index (κ1) is 15.0. The number of hydrogen-bond donors (Lipinski definition) is 1. The maximum Gasteiger partial charge on any atom is 0.146 e. The maximum atomic E-state index is 14.2. The van der Waals surface area contributed by atoms with E-state index in [0.29, 0.717) is 11.3 Å². The van der Waals surface area contributed by atoms with Crippen LogP contribution >= 0.6 is 0 Å². The summed E-state index contributed by atoms with van der Waals surface area (Å²) in [4.78, 5) is 2.05. The Hall–Kier alpha value is -1.35. The van der Waals surface area contributed by atoms with E-state index in [1.54, 1.807) is 19.1 Å². The van der Waals surface area contributed by atoms with Gasteiger partial charge in [0.05, 0.1) is 11.8 Å². The zero-order valence-corrected chi connectivity index (χ0v) is 12.8. The zero-order chi connectivity index (χ0) is 14.9. The van der Waals surface area contributed by atoms with Crippen molar-refractivity contribution >= 4 is 5.69 Å². The van der Waals surface area contributed by atoms with Gasteiger partial charge in [0, 0.05) is 13.1 Å². The lowest BCUT2D eigenvalue weighted by molar-refractivity contribution is 0.199. The minimum Gasteiger partial charge on any atom is -0.389 e. The molecule has 0 saturated heterocycles. The average Bonchev–Trinajstić information content (AvgIpc) is 2.37. The predicted octanol–water partition coefficient (Wildman–Crippen LogP) is 4.06. The molecule has 0 radical (unpaired) electrons. The molecule has 3 heteroatoms. The Morgan fingerprint density at radius 3 is 2.45 bits per heavy atom. The number of aliphatic hydroxyl groups excluding tert-OH is 1. The summed E-state index contributed by atoms with van der Waals surface area (Å²) in [6.07, 6.45) is 2.55. The van der Waals surface area contributed by atoms with E-state index in [4.69, 9.17) is 0 Å². The largest absolute Gasteiger partial charge is 0.389 e. The molecule has 0 aromatic heterocycles. The Labute approximate surface area is 120 Å². The van der Waals surface area contributed by atoms with Gasteiger partial charge in [-0.2, -0.15) is 0 Å². The Balaban J connectivity index is 2.17. The van der Waals surface area contributed by atoms with Crippen molar-refractivity contribution in [1.82, 2.24) is 0 Å². The molecule has 110 valence electrons. The summed E-state index contributed by atoms with van der Waals surface area (Å²) < 4.78 is 14.2. The molecule has 2 rings (SSSR count). The molecule has 1 aliphatic rings. The average molecular weight is 277 g/mol. The van der Waals surface area contributed by atoms with Gasteiger partial charge in [0.1, 0.15) is 5.82 Å². The lowest BCUT2D eigenvalue weighted by atomic mass is 9.83. The van der Waals surface area contributed by atoms with Crippen LogP contribution in [0.25, 0.3) is 0 Å². The number of nitrogens with zero attached hydrogens (tertiary/aromatic N) is 1. The number of hydrogen-bond acceptors (Lipinski definition) is 2. The smallest absolute Gasteiger partial charge is 0.146 e. The van der Waals surface area contributed by atoms with Gasteiger partial charge in [-0.1, -0.05) is 38.5 Å². The van der Waals surface area contributed by atoms with Gasteiger partial charge in [0.25, 0.3) is 0 Å². The van der Waals surface area contributed by atoms with Crippen molar-refractivity contribution in [2.45, 2.75) is 40.2 Å². The fourth-order valence-electron chi connectivity index (χ4n) is 2.61. The molecule has 1 heterocycles. The van der Waals surface area contributed by atoms with E-state index >= 15 is 0 Å². The highest BCUT2D eigenvalue weighted by Gasteiger charge is 2.22. The summed E-state index contributed by atoms with van der Waals surface area (Å²) in [5, 5.41) is 9.48. The highest BCUT2D eigenvalue weighted by Crippen LogP contribution is 2.32. The Morgan fingerprint density at radius 2 is 2.00 bits per heavy atom. The second kappa shape index (κ2) is 5.57. The van der Waals surface area contributed by atoms with Crippen molar-refractivity contribution in [3.05, 3.63) is 41.2 Å². The highest BCUT2D eigenvalue weighted by molar-refractivity contribution is 5.51. The number of rotatable bonds is 2. The molecular formula is C17H24FNO. The topological polar surface area (TPSA) is 23.5 Å². The van der Waals surface area contributed by atoms with Crippen LogP contribution in [-0.4, -0.2) is 18.2 Å². The summed E-state index contributed by atoms with van der Waals surface area (Å²) in [6.45, 7) is 9.88. The van der Waals surface area contributed by atoms with Crippen LogP contribution in [0.1, 0.15) is 45.8 Å². The van der Waals surface area contributed by atoms with Crippen molar-refractivity contribution in [1.29, 1.82) is 0 Å². The molecule has 0 spiro atoms. The number of aliphatic hydroxyl groups is 1. The van der Waals surface area contributed by atoms with Crippen molar-refractivity contribution in [3.8, 4) is 0 Å². The third-order valence-electron chi connectivity index (χ3n) is 3.97. The lowest BCUT2D eigenvalue weighted by Crippen LogP contribution is -2.31. The van der Waals surface area contributed by atoms with Crippen LogP contribution in [0.3, 0.4) is 0 Å². The summed E-state index contributed by atoms with van der Waals surface area (Å²) in [5.74, 6) is -0.254. The third-order valence-corrected chi connectivity index (χ3v) is 3.97. The monoisotopic (exact) mass is 277 g/mol. The van der Waals surface area contributed by atoms with Crippen LogP contribution < -0.4 is 4.90 Å². The Morgan fingerprint density at radius 1 is 1.30 bits per heavy atom. The quantitative estimate of drug-likeness (QED) is 0.824. The van der Waals surface area contributed by atoms with Crippen molar-refractivity contribution < 1.29 is 9.50 Å². The predicted molar refractivity (Wildman–Crippen MR) is 81.4 cm³/mol. The molecule has 0 unspecified atom stereocenters. The van der Waals surface area contributed by atoms with Crippen LogP contribution in [0.2, 0.25) is 0 Å². The molecule has 1 N–H and O–H groups in total. The van der Waals surface area contributed by atoms with E-state index in [2.05, 4.69) is 31.7 Å². The first-order valence-electron chi connectivity index (χ1n) is 7.21. The fraction of sp³-hybridized carbons (Fsp3) is 0.529. The van der Waals surface area contributed by atoms with Crippen molar-refractivity contribution in [2.75, 3.05) is 18.0 Å². The molecule has 1 aromatic rings. The normalized spacial score (nSPS) is 17.9. The standard InChI is InChI=1S/C17H24FNO/c1-12(20)13-5-6-16(15(18)11-13)19-9-7-14(8-10-19)17(2,3)4/h5-7,11-12,20H,8-10H2,1-4H3/t12-/m0/s1. The number of benzene rings is 1. The molecule has 0 bridgehead atoms. The van der Waals surface area contributed by atoms with Gasteiger partial charge in [-0.25, -0.2) is 4.39 Å². The van der Waals surface area contributed by atoms with Crippen molar-refractivity contribution in [3.63, 3.8) is 0 Å². The van der Waals surface area contributed by atoms with Gasteiger partial charge in [0.15, 0.2) is 0 Å². The van der Waals surface area contributed by atoms with E-state index in [1.165, 1.54) is 11.6 Å². The van der Waals surface area contributed by atoms with Crippen LogP contribution in [0.15, 0.2) is 29.8 Å². The molecule has 1 aromatic carbocycles. The Bertz CT molecular complexity index is 514. The van der Waals surface area contributed by atoms with Gasteiger partial charge >= 0.3 is 0 Å². The van der Waals surface area contributed by atoms with E-state index < -0.39 is 6.10 Å². The van der Waals surface area contributed by atoms with Gasteiger partial charge in [-0.3, -0.25) is 0 Å². The van der Waals surface area contributed by atoms with Crippen LogP contribution in [0.5, 0.6) is 0 Å². The number of halogens is 1. The van der Waals surface area contributed by atoms with Gasteiger partial charge in [-0.05, 0) is 36.5 Å². The second-order valence-corrected chi connectivity index (χ2v) is 6.56. The fourth-order valence-corrected chi connectivity index (χ4v) is 2.61.